The highest BCUT2D eigenvalue weighted by Gasteiger charge is 2.10. The van der Waals surface area contributed by atoms with E-state index in [1.54, 1.807) is 37.4 Å². The lowest BCUT2D eigenvalue weighted by Gasteiger charge is -2.09. The third kappa shape index (κ3) is 4.58. The highest BCUT2D eigenvalue weighted by Crippen LogP contribution is 2.18. The molecule has 0 saturated carbocycles. The summed E-state index contributed by atoms with van der Waals surface area (Å²) in [7, 11) is 1.58. The van der Waals surface area contributed by atoms with Gasteiger partial charge < -0.3 is 10.1 Å². The number of aromatic nitrogens is 2. The molecular formula is C20H18FN3O3. The number of carbonyl (C=O) groups is 1. The van der Waals surface area contributed by atoms with Crippen molar-refractivity contribution < 1.29 is 13.9 Å². The van der Waals surface area contributed by atoms with Gasteiger partial charge in [-0.1, -0.05) is 24.3 Å². The zero-order chi connectivity index (χ0) is 19.2. The fraction of sp³-hybridized carbons (Fsp3) is 0.150. The van der Waals surface area contributed by atoms with Crippen LogP contribution in [0.2, 0.25) is 0 Å². The maximum atomic E-state index is 13.9. The number of methoxy groups -OCH3 is 1. The summed E-state index contributed by atoms with van der Waals surface area (Å²) in [6.07, 6.45) is 0. The molecule has 0 saturated heterocycles. The van der Waals surface area contributed by atoms with E-state index in [2.05, 4.69) is 10.4 Å². The number of hydrogen-bond acceptors (Lipinski definition) is 4. The molecule has 0 atom stereocenters. The van der Waals surface area contributed by atoms with Crippen LogP contribution in [0.15, 0.2) is 65.5 Å². The highest BCUT2D eigenvalue weighted by molar-refractivity contribution is 5.75. The van der Waals surface area contributed by atoms with Crippen LogP contribution in [0, 0.1) is 5.82 Å². The van der Waals surface area contributed by atoms with Crippen LogP contribution in [0.1, 0.15) is 5.56 Å². The maximum absolute atomic E-state index is 13.9. The second-order valence-corrected chi connectivity index (χ2v) is 5.82. The normalized spacial score (nSPS) is 10.4. The van der Waals surface area contributed by atoms with E-state index in [1.165, 1.54) is 18.2 Å². The van der Waals surface area contributed by atoms with Crippen LogP contribution < -0.4 is 15.6 Å². The Bertz CT molecular complexity index is 1000. The summed E-state index contributed by atoms with van der Waals surface area (Å²) in [6, 6.07) is 16.1. The number of rotatable bonds is 6. The summed E-state index contributed by atoms with van der Waals surface area (Å²) < 4.78 is 20.0. The topological polar surface area (TPSA) is 73.2 Å². The van der Waals surface area contributed by atoms with E-state index < -0.39 is 11.4 Å². The number of amides is 1. The number of ether oxygens (including phenoxy) is 1. The van der Waals surface area contributed by atoms with Crippen molar-refractivity contribution in [3.05, 3.63) is 82.4 Å². The van der Waals surface area contributed by atoms with E-state index in [9.17, 15) is 14.0 Å². The second kappa shape index (κ2) is 8.27. The molecule has 0 aliphatic rings. The standard InChI is InChI=1S/C20H18FN3O3/c1-27-15-8-6-14(7-9-15)12-22-19(25)13-24-20(26)11-10-18(23-24)16-4-2-3-5-17(16)21/h2-11H,12-13H2,1H3,(H,22,25). The Kier molecular flexibility index (Phi) is 5.61. The molecule has 0 aliphatic carbocycles. The van der Waals surface area contributed by atoms with Gasteiger partial charge in [-0.15, -0.1) is 0 Å². The maximum Gasteiger partial charge on any atom is 0.267 e. The second-order valence-electron chi connectivity index (χ2n) is 5.82. The first-order chi connectivity index (χ1) is 13.1. The number of nitrogens with one attached hydrogen (secondary N) is 1. The molecular weight excluding hydrogens is 349 g/mol. The molecule has 0 radical (unpaired) electrons. The highest BCUT2D eigenvalue weighted by atomic mass is 19.1. The SMILES string of the molecule is COc1ccc(CNC(=O)Cn2nc(-c3ccccc3F)ccc2=O)cc1. The number of nitrogens with zero attached hydrogens (tertiary/aromatic N) is 2. The molecule has 7 heteroatoms. The smallest absolute Gasteiger partial charge is 0.267 e. The van der Waals surface area contributed by atoms with Crippen LogP contribution in [-0.4, -0.2) is 22.8 Å². The molecule has 2 aromatic carbocycles. The molecule has 0 aliphatic heterocycles. The first kappa shape index (κ1) is 18.3. The Morgan fingerprint density at radius 1 is 1.11 bits per heavy atom. The Morgan fingerprint density at radius 2 is 1.85 bits per heavy atom. The fourth-order valence-electron chi connectivity index (χ4n) is 2.51. The van der Waals surface area contributed by atoms with Crippen LogP contribution in [0.3, 0.4) is 0 Å². The van der Waals surface area contributed by atoms with E-state index in [4.69, 9.17) is 4.74 Å². The molecule has 3 aromatic rings. The molecule has 1 aromatic heterocycles. The largest absolute Gasteiger partial charge is 0.497 e. The van der Waals surface area contributed by atoms with Crippen molar-refractivity contribution >= 4 is 5.91 Å². The summed E-state index contributed by atoms with van der Waals surface area (Å²) in [6.45, 7) is 0.0574. The quantitative estimate of drug-likeness (QED) is 0.726. The van der Waals surface area contributed by atoms with Crippen LogP contribution in [0.25, 0.3) is 11.3 Å². The van der Waals surface area contributed by atoms with Crippen molar-refractivity contribution in [1.29, 1.82) is 0 Å². The zero-order valence-electron chi connectivity index (χ0n) is 14.7. The van der Waals surface area contributed by atoms with Gasteiger partial charge in [0.25, 0.3) is 5.56 Å². The third-order valence-electron chi connectivity index (χ3n) is 3.96. The predicted molar refractivity (Wildman–Crippen MR) is 98.7 cm³/mol. The van der Waals surface area contributed by atoms with E-state index in [0.29, 0.717) is 6.54 Å². The Morgan fingerprint density at radius 3 is 2.56 bits per heavy atom. The van der Waals surface area contributed by atoms with Crippen LogP contribution in [0.4, 0.5) is 4.39 Å². The molecule has 6 nitrogen and oxygen atoms in total. The molecule has 138 valence electrons. The van der Waals surface area contributed by atoms with Crippen molar-refractivity contribution in [2.24, 2.45) is 0 Å². The third-order valence-corrected chi connectivity index (χ3v) is 3.96. The Balaban J connectivity index is 1.69. The molecule has 27 heavy (non-hydrogen) atoms. The van der Waals surface area contributed by atoms with E-state index in [0.717, 1.165) is 16.0 Å². The monoisotopic (exact) mass is 367 g/mol. The van der Waals surface area contributed by atoms with Crippen LogP contribution in [-0.2, 0) is 17.9 Å². The average molecular weight is 367 g/mol. The first-order valence-electron chi connectivity index (χ1n) is 8.29. The summed E-state index contributed by atoms with van der Waals surface area (Å²) >= 11 is 0. The molecule has 0 bridgehead atoms. The van der Waals surface area contributed by atoms with Gasteiger partial charge in [0.1, 0.15) is 18.1 Å². The minimum atomic E-state index is -0.445. The van der Waals surface area contributed by atoms with E-state index >= 15 is 0 Å². The van der Waals surface area contributed by atoms with Gasteiger partial charge in [-0.05, 0) is 35.9 Å². The molecule has 0 fully saturated rings. The zero-order valence-corrected chi connectivity index (χ0v) is 14.7. The van der Waals surface area contributed by atoms with E-state index in [-0.39, 0.29) is 23.7 Å². The van der Waals surface area contributed by atoms with Gasteiger partial charge in [0.2, 0.25) is 5.91 Å². The summed E-state index contributed by atoms with van der Waals surface area (Å²) in [5, 5.41) is 6.84. The lowest BCUT2D eigenvalue weighted by Crippen LogP contribution is -2.33. The number of halogens is 1. The number of hydrogen-bond donors (Lipinski definition) is 1. The first-order valence-corrected chi connectivity index (χ1v) is 8.29. The van der Waals surface area contributed by atoms with Gasteiger partial charge in [0.15, 0.2) is 0 Å². The van der Waals surface area contributed by atoms with Crippen molar-refractivity contribution in [3.8, 4) is 17.0 Å². The summed E-state index contributed by atoms with van der Waals surface area (Å²) in [4.78, 5) is 24.1. The van der Waals surface area contributed by atoms with Gasteiger partial charge >= 0.3 is 0 Å². The van der Waals surface area contributed by atoms with Crippen LogP contribution in [0.5, 0.6) is 5.75 Å². The minimum Gasteiger partial charge on any atom is -0.497 e. The van der Waals surface area contributed by atoms with Gasteiger partial charge in [-0.2, -0.15) is 5.10 Å². The molecule has 1 heterocycles. The van der Waals surface area contributed by atoms with Gasteiger partial charge in [0, 0.05) is 18.2 Å². The molecule has 0 spiro atoms. The van der Waals surface area contributed by atoms with Crippen molar-refractivity contribution in [1.82, 2.24) is 15.1 Å². The Labute approximate surface area is 155 Å². The molecule has 0 unspecified atom stereocenters. The van der Waals surface area contributed by atoms with Crippen LogP contribution >= 0.6 is 0 Å². The van der Waals surface area contributed by atoms with Crippen molar-refractivity contribution in [3.63, 3.8) is 0 Å². The van der Waals surface area contributed by atoms with Crippen molar-refractivity contribution in [2.75, 3.05) is 7.11 Å². The summed E-state index contributed by atoms with van der Waals surface area (Å²) in [5.41, 5.74) is 1.01. The Hall–Kier alpha value is -3.48. The van der Waals surface area contributed by atoms with E-state index in [1.807, 2.05) is 12.1 Å². The molecule has 3 rings (SSSR count). The van der Waals surface area contributed by atoms with Gasteiger partial charge in [-0.25, -0.2) is 9.07 Å². The summed E-state index contributed by atoms with van der Waals surface area (Å²) in [5.74, 6) is -0.0870. The molecule has 1 N–H and O–H groups in total. The lowest BCUT2D eigenvalue weighted by atomic mass is 10.1. The van der Waals surface area contributed by atoms with Crippen molar-refractivity contribution in [2.45, 2.75) is 13.1 Å². The fourth-order valence-corrected chi connectivity index (χ4v) is 2.51. The van der Waals surface area contributed by atoms with Gasteiger partial charge in [0.05, 0.1) is 12.8 Å². The van der Waals surface area contributed by atoms with Gasteiger partial charge in [-0.3, -0.25) is 9.59 Å². The molecule has 1 amide bonds. The lowest BCUT2D eigenvalue weighted by molar-refractivity contribution is -0.122. The predicted octanol–water partition coefficient (Wildman–Crippen LogP) is 2.37. The number of benzene rings is 2. The minimum absolute atomic E-state index is 0.253. The average Bonchev–Trinajstić information content (AvgIpc) is 2.69. The number of carbonyl (C=O) groups excluding carboxylic acids is 1.